The molecule has 3 aliphatic rings. The second-order valence-corrected chi connectivity index (χ2v) is 12.9. The Kier molecular flexibility index (Phi) is 6.43. The van der Waals surface area contributed by atoms with Gasteiger partial charge in [-0.15, -0.1) is 0 Å². The highest BCUT2D eigenvalue weighted by Crippen LogP contribution is 2.58. The fourth-order valence-corrected chi connectivity index (χ4v) is 8.04. The smallest absolute Gasteiger partial charge is 0.122 e. The molecule has 0 bridgehead atoms. The number of nitrogens with zero attached hydrogens (tertiary/aromatic N) is 3. The van der Waals surface area contributed by atoms with Crippen LogP contribution in [0.2, 0.25) is 5.02 Å². The third-order valence-corrected chi connectivity index (χ3v) is 10.4. The largest absolute Gasteiger partial charge is 0.498 e. The first-order chi connectivity index (χ1) is 20.1. The fourth-order valence-electron chi connectivity index (χ4n) is 7.76. The second kappa shape index (κ2) is 9.95. The molecule has 0 N–H and O–H groups in total. The molecule has 5 nitrogen and oxygen atoms in total. The van der Waals surface area contributed by atoms with E-state index in [4.69, 9.17) is 21.1 Å². The molecule has 2 aromatic carbocycles. The van der Waals surface area contributed by atoms with Crippen LogP contribution in [-0.2, 0) is 25.3 Å². The van der Waals surface area contributed by atoms with Gasteiger partial charge in [-0.3, -0.25) is 4.68 Å². The quantitative estimate of drug-likeness (QED) is 0.240. The third kappa shape index (κ3) is 4.16. The van der Waals surface area contributed by atoms with Crippen molar-refractivity contribution in [1.29, 1.82) is 0 Å². The van der Waals surface area contributed by atoms with E-state index in [1.807, 2.05) is 11.7 Å². The van der Waals surface area contributed by atoms with Crippen LogP contribution < -0.4 is 4.74 Å². The summed E-state index contributed by atoms with van der Waals surface area (Å²) in [6, 6.07) is 11.7. The molecule has 0 amide bonds. The summed E-state index contributed by atoms with van der Waals surface area (Å²) in [7, 11) is 4.00. The number of halogens is 1. The summed E-state index contributed by atoms with van der Waals surface area (Å²) in [5, 5.41) is 4.98. The van der Waals surface area contributed by atoms with Crippen molar-refractivity contribution in [2.75, 3.05) is 13.2 Å². The molecule has 4 heterocycles. The van der Waals surface area contributed by atoms with Crippen molar-refractivity contribution in [2.24, 2.45) is 25.9 Å². The number of rotatable bonds is 5. The molecular formula is C36H38ClN3O2. The molecular weight excluding hydrogens is 542 g/mol. The summed E-state index contributed by atoms with van der Waals surface area (Å²) in [5.74, 6) is 2.85. The van der Waals surface area contributed by atoms with E-state index in [2.05, 4.69) is 87.2 Å². The maximum atomic E-state index is 6.50. The minimum Gasteiger partial charge on any atom is -0.498 e. The lowest BCUT2D eigenvalue weighted by Gasteiger charge is -2.41. The van der Waals surface area contributed by atoms with E-state index in [1.54, 1.807) is 6.20 Å². The SMILES string of the molecule is C=C(C[C@H]1c2cc3c(cc2[C@@H](c2cc(C)c(C)c(C)c2)C2C(=C)OCC21)OCC3)c1cc(-c2c(Cl)cnn2C)cn1C. The average molecular weight is 580 g/mol. The summed E-state index contributed by atoms with van der Waals surface area (Å²) in [6.45, 7) is 17.2. The number of allylic oxidation sites excluding steroid dienone is 2. The maximum absolute atomic E-state index is 6.50. The Bertz CT molecular complexity index is 1730. The zero-order valence-electron chi connectivity index (χ0n) is 25.1. The number of fused-ring (bicyclic) bond motifs is 3. The normalized spacial score (nSPS) is 22.4. The van der Waals surface area contributed by atoms with Crippen molar-refractivity contribution in [3.05, 3.63) is 111 Å². The molecule has 2 aliphatic heterocycles. The fraction of sp³-hybridized carbons (Fsp3) is 0.361. The van der Waals surface area contributed by atoms with Crippen LogP contribution in [0.5, 0.6) is 5.75 Å². The zero-order valence-corrected chi connectivity index (χ0v) is 25.9. The molecule has 0 saturated carbocycles. The highest BCUT2D eigenvalue weighted by Gasteiger charge is 2.49. The van der Waals surface area contributed by atoms with Crippen molar-refractivity contribution in [1.82, 2.24) is 14.3 Å². The highest BCUT2D eigenvalue weighted by molar-refractivity contribution is 6.33. The van der Waals surface area contributed by atoms with E-state index in [0.717, 1.165) is 53.5 Å². The van der Waals surface area contributed by atoms with E-state index in [0.29, 0.717) is 17.5 Å². The minimum absolute atomic E-state index is 0.172. The first kappa shape index (κ1) is 27.2. The van der Waals surface area contributed by atoms with Gasteiger partial charge < -0.3 is 14.0 Å². The third-order valence-electron chi connectivity index (χ3n) is 10.1. The van der Waals surface area contributed by atoms with Crippen molar-refractivity contribution >= 4 is 17.2 Å². The van der Waals surface area contributed by atoms with Crippen LogP contribution in [0.15, 0.2) is 61.6 Å². The van der Waals surface area contributed by atoms with Gasteiger partial charge in [-0.2, -0.15) is 5.10 Å². The summed E-state index contributed by atoms with van der Waals surface area (Å²) in [6.07, 6.45) is 5.59. The Hall–Kier alpha value is -3.70. The molecule has 2 aromatic heterocycles. The molecule has 1 saturated heterocycles. The predicted molar refractivity (Wildman–Crippen MR) is 169 cm³/mol. The molecule has 1 fully saturated rings. The number of ether oxygens (including phenoxy) is 2. The van der Waals surface area contributed by atoms with Crippen LogP contribution in [0.4, 0.5) is 0 Å². The van der Waals surface area contributed by atoms with Crippen molar-refractivity contribution in [3.8, 4) is 17.0 Å². The lowest BCUT2D eigenvalue weighted by Crippen LogP contribution is -2.33. The summed E-state index contributed by atoms with van der Waals surface area (Å²) in [4.78, 5) is 0. The van der Waals surface area contributed by atoms with Gasteiger partial charge >= 0.3 is 0 Å². The van der Waals surface area contributed by atoms with E-state index >= 15 is 0 Å². The molecule has 7 rings (SSSR count). The Balaban J connectivity index is 1.33. The molecule has 0 radical (unpaired) electrons. The van der Waals surface area contributed by atoms with Crippen LogP contribution in [0.3, 0.4) is 0 Å². The summed E-state index contributed by atoms with van der Waals surface area (Å²) < 4.78 is 16.4. The van der Waals surface area contributed by atoms with E-state index in [9.17, 15) is 0 Å². The number of aromatic nitrogens is 3. The van der Waals surface area contributed by atoms with Crippen molar-refractivity contribution < 1.29 is 9.47 Å². The summed E-state index contributed by atoms with van der Waals surface area (Å²) in [5.41, 5.74) is 13.6. The number of aryl methyl sites for hydroxylation is 4. The van der Waals surface area contributed by atoms with Crippen LogP contribution in [0.1, 0.15) is 62.9 Å². The van der Waals surface area contributed by atoms with Crippen LogP contribution in [0, 0.1) is 32.6 Å². The van der Waals surface area contributed by atoms with Crippen LogP contribution in [0.25, 0.3) is 16.8 Å². The van der Waals surface area contributed by atoms with Gasteiger partial charge in [-0.25, -0.2) is 0 Å². The Morgan fingerprint density at radius 2 is 1.81 bits per heavy atom. The van der Waals surface area contributed by atoms with Gasteiger partial charge in [-0.1, -0.05) is 43.0 Å². The molecule has 0 spiro atoms. The van der Waals surface area contributed by atoms with Crippen molar-refractivity contribution in [3.63, 3.8) is 0 Å². The van der Waals surface area contributed by atoms with Crippen molar-refractivity contribution in [2.45, 2.75) is 45.4 Å². The van der Waals surface area contributed by atoms with Gasteiger partial charge in [0.15, 0.2) is 0 Å². The first-order valence-electron chi connectivity index (χ1n) is 14.8. The molecule has 4 atom stereocenters. The Labute approximate surface area is 253 Å². The van der Waals surface area contributed by atoms with Gasteiger partial charge in [0.25, 0.3) is 0 Å². The minimum atomic E-state index is 0.172. The summed E-state index contributed by atoms with van der Waals surface area (Å²) >= 11 is 6.50. The molecule has 42 heavy (non-hydrogen) atoms. The van der Waals surface area contributed by atoms with Gasteiger partial charge in [0.2, 0.25) is 0 Å². The predicted octanol–water partition coefficient (Wildman–Crippen LogP) is 8.05. The highest BCUT2D eigenvalue weighted by atomic mass is 35.5. The molecule has 6 heteroatoms. The average Bonchev–Trinajstić information content (AvgIpc) is 3.73. The zero-order chi connectivity index (χ0) is 29.4. The van der Waals surface area contributed by atoms with E-state index in [-0.39, 0.29) is 17.8 Å². The van der Waals surface area contributed by atoms with Gasteiger partial charge in [0, 0.05) is 55.7 Å². The monoisotopic (exact) mass is 579 g/mol. The number of hydrogen-bond donors (Lipinski definition) is 0. The van der Waals surface area contributed by atoms with Gasteiger partial charge in [-0.05, 0) is 89.8 Å². The molecule has 216 valence electrons. The first-order valence-corrected chi connectivity index (χ1v) is 15.2. The number of benzene rings is 2. The maximum Gasteiger partial charge on any atom is 0.122 e. The molecule has 2 unspecified atom stereocenters. The van der Waals surface area contributed by atoms with Gasteiger partial charge in [0.1, 0.15) is 5.75 Å². The second-order valence-electron chi connectivity index (χ2n) is 12.5. The Morgan fingerprint density at radius 1 is 1.05 bits per heavy atom. The lowest BCUT2D eigenvalue weighted by atomic mass is 9.61. The Morgan fingerprint density at radius 3 is 2.52 bits per heavy atom. The van der Waals surface area contributed by atoms with Crippen LogP contribution in [-0.4, -0.2) is 27.6 Å². The van der Waals surface area contributed by atoms with E-state index in [1.165, 1.54) is 38.9 Å². The van der Waals surface area contributed by atoms with Crippen LogP contribution >= 0.6 is 11.6 Å². The lowest BCUT2D eigenvalue weighted by molar-refractivity contribution is 0.228. The van der Waals surface area contributed by atoms with Gasteiger partial charge in [0.05, 0.1) is 35.9 Å². The molecule has 1 aliphatic carbocycles. The molecule has 4 aromatic rings. The standard InChI is InChI=1S/C36H38ClN3O2/c1-19-10-25(11-20(2)22(19)4)35-29-15-33-24(8-9-41-33)13-28(29)27(30-18-42-23(5)34(30)35)12-21(3)32-14-26(17-39(32)6)36-31(37)16-38-40(36)7/h10-11,13-17,27,30,34-35H,3,5,8-9,12,18H2,1-2,4,6-7H3/t27-,30?,34?,35+/m0/s1. The van der Waals surface area contributed by atoms with E-state index < -0.39 is 0 Å². The number of hydrogen-bond acceptors (Lipinski definition) is 3. The topological polar surface area (TPSA) is 41.2 Å².